The van der Waals surface area contributed by atoms with Crippen LogP contribution in [0.1, 0.15) is 13.3 Å². The van der Waals surface area contributed by atoms with Crippen LogP contribution in [0.25, 0.3) is 10.1 Å². The molecule has 86 valence electrons. The molecule has 0 bridgehead atoms. The Labute approximate surface area is 100 Å². The number of fused-ring (bicyclic) bond motifs is 1. The summed E-state index contributed by atoms with van der Waals surface area (Å²) in [5.74, 6) is 0.595. The van der Waals surface area contributed by atoms with Crippen LogP contribution in [0.2, 0.25) is 0 Å². The first kappa shape index (κ1) is 11.4. The summed E-state index contributed by atoms with van der Waals surface area (Å²) in [5.41, 5.74) is 6.85. The molecule has 0 fully saturated rings. The van der Waals surface area contributed by atoms with Gasteiger partial charge in [-0.3, -0.25) is 0 Å². The number of hydrogen-bond acceptors (Lipinski definition) is 3. The van der Waals surface area contributed by atoms with Crippen LogP contribution in [-0.4, -0.2) is 13.1 Å². The minimum Gasteiger partial charge on any atom is -0.384 e. The Kier molecular flexibility index (Phi) is 3.80. The molecule has 1 aromatic carbocycles. The lowest BCUT2D eigenvalue weighted by Gasteiger charge is -2.09. The molecule has 0 amide bonds. The van der Waals surface area contributed by atoms with Crippen molar-refractivity contribution in [3.63, 3.8) is 0 Å². The Morgan fingerprint density at radius 1 is 1.38 bits per heavy atom. The quantitative estimate of drug-likeness (QED) is 0.833. The van der Waals surface area contributed by atoms with Crippen LogP contribution in [0.5, 0.6) is 0 Å². The van der Waals surface area contributed by atoms with E-state index in [9.17, 15) is 0 Å². The van der Waals surface area contributed by atoms with Gasteiger partial charge in [-0.25, -0.2) is 0 Å². The van der Waals surface area contributed by atoms with E-state index in [1.807, 2.05) is 0 Å². The monoisotopic (exact) mass is 234 g/mol. The predicted octanol–water partition coefficient (Wildman–Crippen LogP) is 3.30. The van der Waals surface area contributed by atoms with Crippen molar-refractivity contribution in [1.29, 1.82) is 0 Å². The molecule has 1 atom stereocenters. The Hall–Kier alpha value is -1.06. The molecule has 1 heterocycles. The van der Waals surface area contributed by atoms with Crippen molar-refractivity contribution < 1.29 is 0 Å². The molecule has 3 N–H and O–H groups in total. The van der Waals surface area contributed by atoms with Gasteiger partial charge in [0.2, 0.25) is 0 Å². The zero-order valence-corrected chi connectivity index (χ0v) is 10.4. The maximum atomic E-state index is 5.60. The van der Waals surface area contributed by atoms with E-state index in [1.165, 1.54) is 15.8 Å². The fraction of sp³-hybridized carbons (Fsp3) is 0.385. The number of nitrogens with two attached hydrogens (primary N) is 1. The van der Waals surface area contributed by atoms with Gasteiger partial charge in [-0.2, -0.15) is 0 Å². The van der Waals surface area contributed by atoms with Gasteiger partial charge in [-0.15, -0.1) is 11.3 Å². The molecule has 2 aromatic rings. The van der Waals surface area contributed by atoms with E-state index in [-0.39, 0.29) is 0 Å². The fourth-order valence-corrected chi connectivity index (χ4v) is 2.60. The average molecular weight is 234 g/mol. The maximum Gasteiger partial charge on any atom is 0.0528 e. The molecule has 3 heteroatoms. The standard InChI is InChI=1S/C13H18N2S/c1-10(8-14)6-7-15-12-9-16-13-5-3-2-4-11(12)13/h2-5,9-10,15H,6-8,14H2,1H3. The van der Waals surface area contributed by atoms with Crippen LogP contribution in [0.3, 0.4) is 0 Å². The van der Waals surface area contributed by atoms with E-state index >= 15 is 0 Å². The van der Waals surface area contributed by atoms with Crippen LogP contribution < -0.4 is 11.1 Å². The summed E-state index contributed by atoms with van der Waals surface area (Å²) >= 11 is 1.79. The molecule has 0 aliphatic carbocycles. The molecular weight excluding hydrogens is 216 g/mol. The minimum atomic E-state index is 0.595. The number of rotatable bonds is 5. The highest BCUT2D eigenvalue weighted by molar-refractivity contribution is 7.17. The molecule has 1 aromatic heterocycles. The largest absolute Gasteiger partial charge is 0.384 e. The average Bonchev–Trinajstić information content (AvgIpc) is 2.73. The normalized spacial score (nSPS) is 12.9. The highest BCUT2D eigenvalue weighted by atomic mass is 32.1. The molecule has 0 aliphatic heterocycles. The van der Waals surface area contributed by atoms with Gasteiger partial charge >= 0.3 is 0 Å². The van der Waals surface area contributed by atoms with E-state index < -0.39 is 0 Å². The first-order valence-corrected chi connectivity index (χ1v) is 6.59. The van der Waals surface area contributed by atoms with Crippen molar-refractivity contribution in [3.05, 3.63) is 29.6 Å². The number of thiophene rings is 1. The zero-order chi connectivity index (χ0) is 11.4. The van der Waals surface area contributed by atoms with Gasteiger partial charge in [0.15, 0.2) is 0 Å². The van der Waals surface area contributed by atoms with Crippen LogP contribution >= 0.6 is 11.3 Å². The zero-order valence-electron chi connectivity index (χ0n) is 9.57. The number of hydrogen-bond donors (Lipinski definition) is 2. The first-order valence-electron chi connectivity index (χ1n) is 5.71. The summed E-state index contributed by atoms with van der Waals surface area (Å²) in [6.45, 7) is 3.96. The van der Waals surface area contributed by atoms with Crippen molar-refractivity contribution in [3.8, 4) is 0 Å². The summed E-state index contributed by atoms with van der Waals surface area (Å²) in [6.07, 6.45) is 1.13. The van der Waals surface area contributed by atoms with Gasteiger partial charge in [-0.05, 0) is 24.9 Å². The summed E-state index contributed by atoms with van der Waals surface area (Å²) in [7, 11) is 0. The second kappa shape index (κ2) is 5.32. The van der Waals surface area contributed by atoms with E-state index in [0.29, 0.717) is 5.92 Å². The third kappa shape index (κ3) is 2.54. The molecule has 16 heavy (non-hydrogen) atoms. The maximum absolute atomic E-state index is 5.60. The van der Waals surface area contributed by atoms with Crippen LogP contribution in [-0.2, 0) is 0 Å². The lowest BCUT2D eigenvalue weighted by atomic mass is 10.1. The van der Waals surface area contributed by atoms with Crippen molar-refractivity contribution in [2.24, 2.45) is 11.7 Å². The number of anilines is 1. The van der Waals surface area contributed by atoms with Gasteiger partial charge in [0.25, 0.3) is 0 Å². The van der Waals surface area contributed by atoms with Crippen LogP contribution in [0.15, 0.2) is 29.6 Å². The number of nitrogens with one attached hydrogen (secondary N) is 1. The smallest absolute Gasteiger partial charge is 0.0528 e. The second-order valence-corrected chi connectivity index (χ2v) is 5.11. The third-order valence-corrected chi connectivity index (χ3v) is 3.80. The van der Waals surface area contributed by atoms with Crippen molar-refractivity contribution in [2.45, 2.75) is 13.3 Å². The molecule has 0 spiro atoms. The van der Waals surface area contributed by atoms with Gasteiger partial charge in [-0.1, -0.05) is 25.1 Å². The molecule has 0 aliphatic rings. The molecule has 1 unspecified atom stereocenters. The third-order valence-electron chi connectivity index (χ3n) is 2.84. The van der Waals surface area contributed by atoms with Crippen molar-refractivity contribution in [1.82, 2.24) is 0 Å². The van der Waals surface area contributed by atoms with Crippen molar-refractivity contribution >= 4 is 27.1 Å². The summed E-state index contributed by atoms with van der Waals surface area (Å²) in [4.78, 5) is 0. The molecule has 2 nitrogen and oxygen atoms in total. The SMILES string of the molecule is CC(CN)CCNc1csc2ccccc12. The molecule has 0 saturated heterocycles. The van der Waals surface area contributed by atoms with E-state index in [0.717, 1.165) is 19.5 Å². The lowest BCUT2D eigenvalue weighted by Crippen LogP contribution is -2.14. The first-order chi connectivity index (χ1) is 7.81. The molecule has 2 rings (SSSR count). The van der Waals surface area contributed by atoms with Crippen LogP contribution in [0.4, 0.5) is 5.69 Å². The Morgan fingerprint density at radius 3 is 3.00 bits per heavy atom. The van der Waals surface area contributed by atoms with E-state index in [1.54, 1.807) is 11.3 Å². The summed E-state index contributed by atoms with van der Waals surface area (Å²) < 4.78 is 1.34. The molecule has 0 saturated carbocycles. The number of benzene rings is 1. The highest BCUT2D eigenvalue weighted by Crippen LogP contribution is 2.29. The molecular formula is C13H18N2S. The topological polar surface area (TPSA) is 38.0 Å². The van der Waals surface area contributed by atoms with Crippen LogP contribution in [0, 0.1) is 5.92 Å². The summed E-state index contributed by atoms with van der Waals surface area (Å²) in [5, 5.41) is 7.01. The second-order valence-electron chi connectivity index (χ2n) is 4.20. The van der Waals surface area contributed by atoms with Gasteiger partial charge in [0.1, 0.15) is 0 Å². The van der Waals surface area contributed by atoms with E-state index in [4.69, 9.17) is 5.73 Å². The van der Waals surface area contributed by atoms with Gasteiger partial charge in [0, 0.05) is 22.0 Å². The fourth-order valence-electron chi connectivity index (χ4n) is 1.69. The lowest BCUT2D eigenvalue weighted by molar-refractivity contribution is 0.561. The van der Waals surface area contributed by atoms with E-state index in [2.05, 4.69) is 41.9 Å². The van der Waals surface area contributed by atoms with Gasteiger partial charge < -0.3 is 11.1 Å². The Morgan fingerprint density at radius 2 is 2.19 bits per heavy atom. The van der Waals surface area contributed by atoms with Crippen molar-refractivity contribution in [2.75, 3.05) is 18.4 Å². The predicted molar refractivity (Wildman–Crippen MR) is 73.2 cm³/mol. The minimum absolute atomic E-state index is 0.595. The molecule has 0 radical (unpaired) electrons. The summed E-state index contributed by atoms with van der Waals surface area (Å²) in [6, 6.07) is 8.50. The van der Waals surface area contributed by atoms with Gasteiger partial charge in [0.05, 0.1) is 5.69 Å². The highest BCUT2D eigenvalue weighted by Gasteiger charge is 2.03. The Bertz CT molecular complexity index is 450. The Balaban J connectivity index is 1.99.